The van der Waals surface area contributed by atoms with Crippen LogP contribution in [0, 0.1) is 0 Å². The molecule has 5 rings (SSSR count). The highest BCUT2D eigenvalue weighted by Crippen LogP contribution is 2.33. The summed E-state index contributed by atoms with van der Waals surface area (Å²) < 4.78 is 12.8. The van der Waals surface area contributed by atoms with Gasteiger partial charge in [0.1, 0.15) is 0 Å². The lowest BCUT2D eigenvalue weighted by Gasteiger charge is -2.27. The summed E-state index contributed by atoms with van der Waals surface area (Å²) in [6, 6.07) is 5.69. The Bertz CT molecular complexity index is 884. The molecule has 0 N–H and O–H groups in total. The topological polar surface area (TPSA) is 56.6 Å². The maximum absolute atomic E-state index is 12.6. The number of fused-ring (bicyclic) bond motifs is 4. The lowest BCUT2D eigenvalue weighted by molar-refractivity contribution is -0.127. The van der Waals surface area contributed by atoms with Crippen molar-refractivity contribution in [3.8, 4) is 11.5 Å². The van der Waals surface area contributed by atoms with Gasteiger partial charge in [0.25, 0.3) is 0 Å². The van der Waals surface area contributed by atoms with Crippen LogP contribution >= 0.6 is 0 Å². The zero-order valence-electron chi connectivity index (χ0n) is 13.9. The number of ether oxygens (including phenoxy) is 2. The minimum Gasteiger partial charge on any atom is -0.454 e. The second-order valence-corrected chi connectivity index (χ2v) is 6.65. The summed E-state index contributed by atoms with van der Waals surface area (Å²) in [5.74, 6) is 1.52. The van der Waals surface area contributed by atoms with Crippen molar-refractivity contribution in [2.45, 2.75) is 32.4 Å². The van der Waals surface area contributed by atoms with Crippen LogP contribution in [0.2, 0.25) is 0 Å². The van der Waals surface area contributed by atoms with E-state index in [0.29, 0.717) is 13.1 Å². The highest BCUT2D eigenvalue weighted by molar-refractivity contribution is 5.92. The number of benzene rings is 1. The summed E-state index contributed by atoms with van der Waals surface area (Å²) >= 11 is 0. The van der Waals surface area contributed by atoms with Crippen molar-refractivity contribution in [2.24, 2.45) is 0 Å². The van der Waals surface area contributed by atoms with Gasteiger partial charge in [0.2, 0.25) is 12.7 Å². The first-order chi connectivity index (χ1) is 12.3. The number of hydrogen-bond donors (Lipinski definition) is 0. The number of rotatable bonds is 2. The van der Waals surface area contributed by atoms with Crippen LogP contribution in [-0.2, 0) is 30.7 Å². The number of nitrogens with zero attached hydrogens (tertiary/aromatic N) is 3. The van der Waals surface area contributed by atoms with Crippen LogP contribution in [-0.4, -0.2) is 33.9 Å². The van der Waals surface area contributed by atoms with Gasteiger partial charge < -0.3 is 14.4 Å². The van der Waals surface area contributed by atoms with Crippen molar-refractivity contribution in [2.75, 3.05) is 13.3 Å². The predicted molar refractivity (Wildman–Crippen MR) is 91.3 cm³/mol. The van der Waals surface area contributed by atoms with Gasteiger partial charge in [-0.25, -0.2) is 0 Å². The molecule has 0 fully saturated rings. The number of carbonyl (C=O) groups is 1. The monoisotopic (exact) mass is 337 g/mol. The molecule has 3 heterocycles. The lowest BCUT2D eigenvalue weighted by atomic mass is 10.1. The third-order valence-electron chi connectivity index (χ3n) is 5.14. The lowest BCUT2D eigenvalue weighted by Crippen LogP contribution is -2.37. The molecule has 0 bridgehead atoms. The Morgan fingerprint density at radius 1 is 1.16 bits per heavy atom. The van der Waals surface area contributed by atoms with E-state index in [-0.39, 0.29) is 12.7 Å². The highest BCUT2D eigenvalue weighted by atomic mass is 16.7. The second kappa shape index (κ2) is 5.65. The summed E-state index contributed by atoms with van der Waals surface area (Å²) in [5, 5.41) is 4.69. The van der Waals surface area contributed by atoms with Gasteiger partial charge in [-0.1, -0.05) is 6.07 Å². The largest absolute Gasteiger partial charge is 0.454 e. The molecule has 0 atom stereocenters. The van der Waals surface area contributed by atoms with E-state index < -0.39 is 0 Å². The second-order valence-electron chi connectivity index (χ2n) is 6.65. The van der Waals surface area contributed by atoms with Crippen LogP contribution < -0.4 is 9.47 Å². The fourth-order valence-electron chi connectivity index (χ4n) is 3.83. The van der Waals surface area contributed by atoms with Crippen LogP contribution in [0.3, 0.4) is 0 Å². The quantitative estimate of drug-likeness (QED) is 0.788. The Labute approximate surface area is 145 Å². The van der Waals surface area contributed by atoms with Crippen molar-refractivity contribution in [3.05, 3.63) is 46.8 Å². The average Bonchev–Trinajstić information content (AvgIpc) is 3.34. The van der Waals surface area contributed by atoms with Crippen molar-refractivity contribution >= 4 is 12.0 Å². The molecule has 0 unspecified atom stereocenters. The zero-order chi connectivity index (χ0) is 16.8. The molecule has 2 aromatic rings. The number of amides is 1. The number of aromatic nitrogens is 2. The van der Waals surface area contributed by atoms with Gasteiger partial charge in [0.15, 0.2) is 11.5 Å². The minimum atomic E-state index is 0.0388. The van der Waals surface area contributed by atoms with Crippen molar-refractivity contribution in [1.82, 2.24) is 14.7 Å². The van der Waals surface area contributed by atoms with Gasteiger partial charge in [0.05, 0.1) is 24.5 Å². The predicted octanol–water partition coefficient (Wildman–Crippen LogP) is 2.16. The maximum atomic E-state index is 12.6. The summed E-state index contributed by atoms with van der Waals surface area (Å²) in [5.41, 5.74) is 4.77. The molecule has 128 valence electrons. The molecule has 3 aliphatic rings. The molecule has 0 radical (unpaired) electrons. The molecule has 6 heteroatoms. The van der Waals surface area contributed by atoms with E-state index >= 15 is 0 Å². The number of carbonyl (C=O) groups excluding carboxylic acids is 1. The van der Waals surface area contributed by atoms with E-state index in [1.807, 2.05) is 29.2 Å². The van der Waals surface area contributed by atoms with E-state index in [9.17, 15) is 4.79 Å². The summed E-state index contributed by atoms with van der Waals surface area (Å²) in [6.45, 7) is 2.41. The third kappa shape index (κ3) is 2.49. The normalized spacial score (nSPS) is 17.8. The smallest absolute Gasteiger partial charge is 0.246 e. The van der Waals surface area contributed by atoms with Gasteiger partial charge in [-0.05, 0) is 48.6 Å². The first-order valence-electron chi connectivity index (χ1n) is 8.72. The first-order valence-corrected chi connectivity index (χ1v) is 8.72. The summed E-state index contributed by atoms with van der Waals surface area (Å²) in [4.78, 5) is 14.5. The number of hydrogen-bond acceptors (Lipinski definition) is 4. The van der Waals surface area contributed by atoms with Crippen molar-refractivity contribution in [3.63, 3.8) is 0 Å². The van der Waals surface area contributed by atoms with Gasteiger partial charge in [-0.15, -0.1) is 0 Å². The molecule has 1 amide bonds. The Morgan fingerprint density at radius 2 is 2.08 bits per heavy atom. The van der Waals surface area contributed by atoms with E-state index in [2.05, 4.69) is 9.78 Å². The van der Waals surface area contributed by atoms with Gasteiger partial charge >= 0.3 is 0 Å². The molecule has 0 saturated carbocycles. The maximum Gasteiger partial charge on any atom is 0.246 e. The van der Waals surface area contributed by atoms with E-state index in [1.54, 1.807) is 6.08 Å². The fourth-order valence-corrected chi connectivity index (χ4v) is 3.83. The van der Waals surface area contributed by atoms with Crippen molar-refractivity contribution < 1.29 is 14.3 Å². The van der Waals surface area contributed by atoms with E-state index in [1.165, 1.54) is 23.4 Å². The Hall–Kier alpha value is -2.76. The molecule has 25 heavy (non-hydrogen) atoms. The van der Waals surface area contributed by atoms with E-state index in [0.717, 1.165) is 36.4 Å². The fraction of sp³-hybridized carbons (Fsp3) is 0.368. The van der Waals surface area contributed by atoms with E-state index in [4.69, 9.17) is 9.47 Å². The first kappa shape index (κ1) is 14.6. The SMILES string of the molecule is O=C(C=Cc1ccc2c(c1)OCO2)N1CCn2nc3c(c2C1)CCC3. The average molecular weight is 337 g/mol. The van der Waals surface area contributed by atoms with Gasteiger partial charge in [-0.3, -0.25) is 9.48 Å². The molecule has 2 aliphatic heterocycles. The molecule has 0 spiro atoms. The molecule has 1 aliphatic carbocycles. The molecular weight excluding hydrogens is 318 g/mol. The molecule has 0 saturated heterocycles. The Balaban J connectivity index is 1.31. The van der Waals surface area contributed by atoms with Crippen LogP contribution in [0.5, 0.6) is 11.5 Å². The summed E-state index contributed by atoms with van der Waals surface area (Å²) in [7, 11) is 0. The van der Waals surface area contributed by atoms with Crippen LogP contribution in [0.1, 0.15) is 28.9 Å². The van der Waals surface area contributed by atoms with Gasteiger partial charge in [0, 0.05) is 12.6 Å². The molecular formula is C19H19N3O3. The minimum absolute atomic E-state index is 0.0388. The van der Waals surface area contributed by atoms with Crippen LogP contribution in [0.25, 0.3) is 6.08 Å². The molecule has 1 aromatic carbocycles. The Morgan fingerprint density at radius 3 is 3.04 bits per heavy atom. The zero-order valence-corrected chi connectivity index (χ0v) is 13.9. The molecule has 1 aromatic heterocycles. The standard InChI is InChI=1S/C19H19N3O3/c23-19(7-5-13-4-6-17-18(10-13)25-12-24-17)21-8-9-22-16(11-21)14-2-1-3-15(14)20-22/h4-7,10H,1-3,8-9,11-12H2. The highest BCUT2D eigenvalue weighted by Gasteiger charge is 2.27. The molecule has 6 nitrogen and oxygen atoms in total. The van der Waals surface area contributed by atoms with Crippen LogP contribution in [0.4, 0.5) is 0 Å². The number of aryl methyl sites for hydroxylation is 1. The third-order valence-corrected chi connectivity index (χ3v) is 5.14. The Kier molecular flexibility index (Phi) is 3.29. The summed E-state index contributed by atoms with van der Waals surface area (Å²) in [6.07, 6.45) is 6.83. The van der Waals surface area contributed by atoms with Crippen LogP contribution in [0.15, 0.2) is 24.3 Å². The van der Waals surface area contributed by atoms with Gasteiger partial charge in [-0.2, -0.15) is 5.10 Å². The van der Waals surface area contributed by atoms with Crippen molar-refractivity contribution in [1.29, 1.82) is 0 Å².